The van der Waals surface area contributed by atoms with Gasteiger partial charge < -0.3 is 25.0 Å². The molecule has 46 heavy (non-hydrogen) atoms. The molecule has 0 spiro atoms. The lowest BCUT2D eigenvalue weighted by molar-refractivity contribution is -0.131. The van der Waals surface area contributed by atoms with Crippen molar-refractivity contribution in [2.45, 2.75) is 44.2 Å². The fraction of sp³-hybridized carbons (Fsp3) is 0.344. The molecule has 236 valence electrons. The van der Waals surface area contributed by atoms with Crippen LogP contribution >= 0.6 is 0 Å². The molecular formula is C32H31FN8O5. The predicted molar refractivity (Wildman–Crippen MR) is 163 cm³/mol. The van der Waals surface area contributed by atoms with E-state index in [1.54, 1.807) is 33.9 Å². The molecule has 1 aromatic carbocycles. The number of nitrogens with one attached hydrogen (secondary N) is 1. The molecule has 2 fully saturated rings. The van der Waals surface area contributed by atoms with Gasteiger partial charge in [0.2, 0.25) is 5.91 Å². The molecule has 1 atom stereocenters. The summed E-state index contributed by atoms with van der Waals surface area (Å²) in [6.07, 6.45) is 3.97. The number of rotatable bonds is 7. The van der Waals surface area contributed by atoms with Crippen LogP contribution in [0.15, 0.2) is 54.9 Å². The zero-order valence-electron chi connectivity index (χ0n) is 24.8. The van der Waals surface area contributed by atoms with Crippen LogP contribution < -0.4 is 5.32 Å². The summed E-state index contributed by atoms with van der Waals surface area (Å²) in [5.74, 6) is -1.31. The number of pyridine rings is 1. The van der Waals surface area contributed by atoms with E-state index in [-0.39, 0.29) is 41.3 Å². The van der Waals surface area contributed by atoms with Gasteiger partial charge in [-0.15, -0.1) is 0 Å². The molecule has 0 bridgehead atoms. The number of carbonyl (C=O) groups excluding carboxylic acids is 2. The van der Waals surface area contributed by atoms with E-state index in [1.165, 1.54) is 17.0 Å². The molecule has 4 aromatic rings. The van der Waals surface area contributed by atoms with Crippen molar-refractivity contribution in [2.24, 2.45) is 0 Å². The average Bonchev–Trinajstić information content (AvgIpc) is 3.51. The number of nitrogens with zero attached hydrogens (tertiary/aromatic N) is 7. The molecule has 0 aliphatic carbocycles. The number of piperidine rings is 2. The van der Waals surface area contributed by atoms with Crippen LogP contribution in [0.4, 0.5) is 15.0 Å². The van der Waals surface area contributed by atoms with Crippen molar-refractivity contribution in [3.63, 3.8) is 0 Å². The van der Waals surface area contributed by atoms with Gasteiger partial charge in [-0.2, -0.15) is 10.4 Å². The van der Waals surface area contributed by atoms with Crippen LogP contribution in [0.3, 0.4) is 0 Å². The molecular weight excluding hydrogens is 595 g/mol. The Kier molecular flexibility index (Phi) is 8.73. The second kappa shape index (κ2) is 13.2. The Labute approximate surface area is 263 Å². The standard InChI is InChI=1S/C32H31FN8O5/c33-27-28(20-6-8-21(9-7-20)31(43)46-23-11-16-39(17-12-23)32(44)45)37-29(24-18-35-41-15-2-1-5-25(24)41)38-30(27)36-22-4-3-14-40(19-22)26(42)10-13-34/h1-2,5-9,15,18,22-23H,3-4,10-12,14,16-17,19H2,(H,44,45)(H,36,37,38). The quantitative estimate of drug-likeness (QED) is 0.284. The Balaban J connectivity index is 1.28. The van der Waals surface area contributed by atoms with Crippen molar-refractivity contribution < 1.29 is 28.6 Å². The lowest BCUT2D eigenvalue weighted by Gasteiger charge is -2.33. The molecule has 13 nitrogen and oxygen atoms in total. The molecule has 1 unspecified atom stereocenters. The number of fused-ring (bicyclic) bond motifs is 1. The Bertz CT molecular complexity index is 1810. The molecule has 2 N–H and O–H groups in total. The maximum Gasteiger partial charge on any atom is 0.407 e. The molecule has 2 saturated heterocycles. The first kappa shape index (κ1) is 30.4. The number of ether oxygens (including phenoxy) is 1. The third kappa shape index (κ3) is 6.44. The van der Waals surface area contributed by atoms with Crippen LogP contribution in [-0.4, -0.2) is 90.8 Å². The second-order valence-corrected chi connectivity index (χ2v) is 11.3. The minimum absolute atomic E-state index is 0.0111. The normalized spacial score (nSPS) is 17.0. The van der Waals surface area contributed by atoms with Gasteiger partial charge in [-0.25, -0.2) is 28.5 Å². The number of carboxylic acid groups (broad SMARTS) is 1. The highest BCUT2D eigenvalue weighted by Crippen LogP contribution is 2.31. The van der Waals surface area contributed by atoms with E-state index in [4.69, 9.17) is 15.1 Å². The molecule has 6 rings (SSSR count). The van der Waals surface area contributed by atoms with Gasteiger partial charge >= 0.3 is 12.1 Å². The fourth-order valence-electron chi connectivity index (χ4n) is 5.80. The van der Waals surface area contributed by atoms with Gasteiger partial charge in [0.15, 0.2) is 17.5 Å². The number of nitriles is 1. The van der Waals surface area contributed by atoms with E-state index < -0.39 is 24.0 Å². The second-order valence-electron chi connectivity index (χ2n) is 11.3. The first-order valence-corrected chi connectivity index (χ1v) is 15.0. The monoisotopic (exact) mass is 626 g/mol. The number of benzene rings is 1. The first-order chi connectivity index (χ1) is 22.3. The maximum absolute atomic E-state index is 16.2. The number of esters is 1. The van der Waals surface area contributed by atoms with E-state index in [9.17, 15) is 14.4 Å². The molecule has 3 aromatic heterocycles. The summed E-state index contributed by atoms with van der Waals surface area (Å²) in [6, 6.07) is 13.4. The largest absolute Gasteiger partial charge is 0.465 e. The molecule has 0 saturated carbocycles. The van der Waals surface area contributed by atoms with Crippen molar-refractivity contribution >= 4 is 29.3 Å². The van der Waals surface area contributed by atoms with Crippen LogP contribution in [0.25, 0.3) is 28.2 Å². The summed E-state index contributed by atoms with van der Waals surface area (Å²) in [6.45, 7) is 1.41. The minimum atomic E-state index is -0.994. The SMILES string of the molecule is N#CCC(=O)N1CCCC(Nc2nc(-c3cnn4ccccc34)nc(-c3ccc(C(=O)OC4CCN(C(=O)O)CC4)cc3)c2F)C1. The highest BCUT2D eigenvalue weighted by Gasteiger charge is 2.28. The van der Waals surface area contributed by atoms with Crippen LogP contribution in [0, 0.1) is 17.1 Å². The highest BCUT2D eigenvalue weighted by molar-refractivity contribution is 5.90. The smallest absolute Gasteiger partial charge is 0.407 e. The van der Waals surface area contributed by atoms with Gasteiger partial charge in [0.25, 0.3) is 0 Å². The number of hydrogen-bond donors (Lipinski definition) is 2. The van der Waals surface area contributed by atoms with E-state index in [0.29, 0.717) is 63.0 Å². The van der Waals surface area contributed by atoms with E-state index >= 15 is 4.39 Å². The van der Waals surface area contributed by atoms with Crippen molar-refractivity contribution in [3.05, 3.63) is 66.2 Å². The van der Waals surface area contributed by atoms with Crippen molar-refractivity contribution in [1.82, 2.24) is 29.4 Å². The van der Waals surface area contributed by atoms with Gasteiger partial charge in [-0.3, -0.25) is 4.79 Å². The van der Waals surface area contributed by atoms with Gasteiger partial charge in [0.1, 0.15) is 18.2 Å². The molecule has 5 heterocycles. The number of halogens is 1. The highest BCUT2D eigenvalue weighted by atomic mass is 19.1. The number of aromatic nitrogens is 4. The van der Waals surface area contributed by atoms with Crippen LogP contribution in [0.1, 0.15) is 42.5 Å². The Morgan fingerprint density at radius 1 is 1.04 bits per heavy atom. The fourth-order valence-corrected chi connectivity index (χ4v) is 5.80. The zero-order valence-corrected chi connectivity index (χ0v) is 24.8. The van der Waals surface area contributed by atoms with E-state index in [0.717, 1.165) is 5.52 Å². The van der Waals surface area contributed by atoms with Gasteiger partial charge in [-0.1, -0.05) is 18.2 Å². The van der Waals surface area contributed by atoms with Gasteiger partial charge in [0, 0.05) is 56.8 Å². The van der Waals surface area contributed by atoms with Crippen molar-refractivity contribution in [1.29, 1.82) is 5.26 Å². The maximum atomic E-state index is 16.2. The third-order valence-corrected chi connectivity index (χ3v) is 8.24. The number of likely N-dealkylation sites (tertiary alicyclic amines) is 2. The molecule has 2 aliphatic heterocycles. The zero-order chi connectivity index (χ0) is 32.2. The Morgan fingerprint density at radius 3 is 2.57 bits per heavy atom. The first-order valence-electron chi connectivity index (χ1n) is 15.0. The third-order valence-electron chi connectivity index (χ3n) is 8.24. The topological polar surface area (TPSA) is 166 Å². The summed E-state index contributed by atoms with van der Waals surface area (Å²) in [7, 11) is 0. The average molecular weight is 627 g/mol. The minimum Gasteiger partial charge on any atom is -0.465 e. The van der Waals surface area contributed by atoms with Crippen molar-refractivity contribution in [2.75, 3.05) is 31.5 Å². The van der Waals surface area contributed by atoms with E-state index in [2.05, 4.69) is 20.4 Å². The summed E-state index contributed by atoms with van der Waals surface area (Å²) in [4.78, 5) is 48.4. The van der Waals surface area contributed by atoms with E-state index in [1.807, 2.05) is 24.3 Å². The number of amides is 2. The number of anilines is 1. The Hall–Kier alpha value is -5.58. The lowest BCUT2D eigenvalue weighted by Crippen LogP contribution is -2.45. The molecule has 2 aliphatic rings. The summed E-state index contributed by atoms with van der Waals surface area (Å²) < 4.78 is 23.5. The van der Waals surface area contributed by atoms with Crippen LogP contribution in [-0.2, 0) is 9.53 Å². The molecule has 0 radical (unpaired) electrons. The summed E-state index contributed by atoms with van der Waals surface area (Å²) >= 11 is 0. The predicted octanol–water partition coefficient (Wildman–Crippen LogP) is 4.21. The number of carbonyl (C=O) groups is 3. The van der Waals surface area contributed by atoms with Crippen LogP contribution in [0.5, 0.6) is 0 Å². The lowest BCUT2D eigenvalue weighted by atomic mass is 10.0. The summed E-state index contributed by atoms with van der Waals surface area (Å²) in [5, 5.41) is 25.6. The molecule has 14 heteroatoms. The number of hydrogen-bond acceptors (Lipinski definition) is 9. The van der Waals surface area contributed by atoms with Crippen molar-refractivity contribution in [3.8, 4) is 28.7 Å². The van der Waals surface area contributed by atoms with Gasteiger partial charge in [-0.05, 0) is 37.1 Å². The summed E-state index contributed by atoms with van der Waals surface area (Å²) in [5.41, 5.74) is 2.00. The van der Waals surface area contributed by atoms with Gasteiger partial charge in [0.05, 0.1) is 28.9 Å². The Morgan fingerprint density at radius 2 is 1.83 bits per heavy atom. The molecule has 2 amide bonds. The van der Waals surface area contributed by atoms with Crippen LogP contribution in [0.2, 0.25) is 0 Å².